The minimum absolute atomic E-state index is 0.0664. The molecule has 0 amide bonds. The molecule has 0 N–H and O–H groups in total. The fourth-order valence-electron chi connectivity index (χ4n) is 8.27. The lowest BCUT2D eigenvalue weighted by atomic mass is 9.51. The first-order valence-corrected chi connectivity index (χ1v) is 13.6. The third-order valence-electron chi connectivity index (χ3n) is 10.2. The molecular formula is C31H42O2. The van der Waals surface area contributed by atoms with Gasteiger partial charge in [-0.3, -0.25) is 0 Å². The number of hydrogen-bond donors (Lipinski definition) is 0. The quantitative estimate of drug-likeness (QED) is 0.425. The Morgan fingerprint density at radius 2 is 1.88 bits per heavy atom. The topological polar surface area (TPSA) is 26.3 Å². The monoisotopic (exact) mass is 446 g/mol. The summed E-state index contributed by atoms with van der Waals surface area (Å²) in [4.78, 5) is 12.6. The third-order valence-corrected chi connectivity index (χ3v) is 10.2. The Labute approximate surface area is 200 Å². The summed E-state index contributed by atoms with van der Waals surface area (Å²) in [5, 5.41) is 0. The Bertz CT molecular complexity index is 956. The summed E-state index contributed by atoms with van der Waals surface area (Å²) >= 11 is 0. The van der Waals surface area contributed by atoms with E-state index in [-0.39, 0.29) is 12.1 Å². The van der Waals surface area contributed by atoms with Crippen LogP contribution >= 0.6 is 0 Å². The van der Waals surface area contributed by atoms with Crippen molar-refractivity contribution in [1.29, 1.82) is 0 Å². The van der Waals surface area contributed by atoms with Crippen molar-refractivity contribution < 1.29 is 9.53 Å². The molecule has 0 spiro atoms. The average molecular weight is 447 g/mol. The lowest BCUT2D eigenvalue weighted by Gasteiger charge is -2.54. The highest BCUT2D eigenvalue weighted by Crippen LogP contribution is 2.64. The Kier molecular flexibility index (Phi) is 6.08. The molecular weight excluding hydrogens is 404 g/mol. The molecule has 5 rings (SSSR count). The number of esters is 1. The molecule has 0 bridgehead atoms. The maximum Gasteiger partial charge on any atom is 0.338 e. The molecule has 4 aliphatic rings. The predicted molar refractivity (Wildman–Crippen MR) is 135 cm³/mol. The zero-order valence-electron chi connectivity index (χ0n) is 21.2. The van der Waals surface area contributed by atoms with E-state index in [4.69, 9.17) is 4.74 Å². The van der Waals surface area contributed by atoms with Gasteiger partial charge in [0.1, 0.15) is 6.10 Å². The van der Waals surface area contributed by atoms with Gasteiger partial charge in [-0.05, 0) is 103 Å². The van der Waals surface area contributed by atoms with Crippen LogP contribution in [0.4, 0.5) is 0 Å². The number of carbonyl (C=O) groups excluding carboxylic acids is 1. The van der Waals surface area contributed by atoms with Crippen LogP contribution in [0.1, 0.15) is 102 Å². The normalized spacial score (nSPS) is 36.4. The summed E-state index contributed by atoms with van der Waals surface area (Å²) in [6, 6.07) is 9.47. The van der Waals surface area contributed by atoms with Crippen LogP contribution in [0.25, 0.3) is 0 Å². The van der Waals surface area contributed by atoms with Gasteiger partial charge in [-0.15, -0.1) is 0 Å². The van der Waals surface area contributed by atoms with Gasteiger partial charge in [-0.1, -0.05) is 70.4 Å². The summed E-state index contributed by atoms with van der Waals surface area (Å²) < 4.78 is 5.99. The summed E-state index contributed by atoms with van der Waals surface area (Å²) in [5.74, 6) is 2.12. The lowest BCUT2D eigenvalue weighted by molar-refractivity contribution is -0.0124. The minimum atomic E-state index is -0.156. The molecule has 0 heterocycles. The van der Waals surface area contributed by atoms with Crippen molar-refractivity contribution in [2.75, 3.05) is 0 Å². The van der Waals surface area contributed by atoms with Crippen molar-refractivity contribution in [2.45, 2.75) is 98.0 Å². The van der Waals surface area contributed by atoms with E-state index in [1.807, 2.05) is 30.3 Å². The van der Waals surface area contributed by atoms with Gasteiger partial charge in [0, 0.05) is 0 Å². The van der Waals surface area contributed by atoms with E-state index >= 15 is 0 Å². The van der Waals surface area contributed by atoms with E-state index in [1.165, 1.54) is 44.9 Å². The molecule has 0 radical (unpaired) electrons. The van der Waals surface area contributed by atoms with Gasteiger partial charge >= 0.3 is 5.97 Å². The highest BCUT2D eigenvalue weighted by atomic mass is 16.5. The second-order valence-corrected chi connectivity index (χ2v) is 11.9. The van der Waals surface area contributed by atoms with Gasteiger partial charge < -0.3 is 4.74 Å². The first kappa shape index (κ1) is 22.9. The molecule has 6 atom stereocenters. The molecule has 2 heteroatoms. The van der Waals surface area contributed by atoms with E-state index < -0.39 is 0 Å². The predicted octanol–water partition coefficient (Wildman–Crippen LogP) is 8.29. The first-order valence-electron chi connectivity index (χ1n) is 13.6. The molecule has 1 aromatic carbocycles. The summed E-state index contributed by atoms with van der Waals surface area (Å²) in [6.45, 7) is 9.95. The Morgan fingerprint density at radius 3 is 2.64 bits per heavy atom. The summed E-state index contributed by atoms with van der Waals surface area (Å²) in [5.41, 5.74) is 6.60. The maximum absolute atomic E-state index is 12.6. The lowest BCUT2D eigenvalue weighted by Crippen LogP contribution is -2.44. The molecule has 1 saturated carbocycles. The first-order chi connectivity index (χ1) is 15.9. The van der Waals surface area contributed by atoms with Crippen LogP contribution in [0.3, 0.4) is 0 Å². The smallest absolute Gasteiger partial charge is 0.338 e. The van der Waals surface area contributed by atoms with Crippen LogP contribution in [-0.4, -0.2) is 12.1 Å². The molecule has 1 fully saturated rings. The number of hydrogen-bond acceptors (Lipinski definition) is 2. The van der Waals surface area contributed by atoms with Crippen LogP contribution < -0.4 is 0 Å². The van der Waals surface area contributed by atoms with Gasteiger partial charge in [0.15, 0.2) is 0 Å². The van der Waals surface area contributed by atoms with Crippen molar-refractivity contribution in [3.63, 3.8) is 0 Å². The number of ether oxygens (including phenoxy) is 1. The van der Waals surface area contributed by atoms with Crippen molar-refractivity contribution in [3.05, 3.63) is 58.7 Å². The van der Waals surface area contributed by atoms with Crippen molar-refractivity contribution in [2.24, 2.45) is 28.6 Å². The van der Waals surface area contributed by atoms with Gasteiger partial charge in [-0.25, -0.2) is 4.79 Å². The van der Waals surface area contributed by atoms with Crippen molar-refractivity contribution in [3.8, 4) is 0 Å². The fraction of sp³-hybridized carbons (Fsp3) is 0.645. The van der Waals surface area contributed by atoms with Crippen LogP contribution in [0, 0.1) is 28.6 Å². The molecule has 0 saturated heterocycles. The standard InChI is InChI=1S/C31H42O2/c1-5-9-21(2)26-14-15-27-25-13-12-23-20-24(33-29(32)22-10-7-6-8-11-22)16-18-30(23,3)28(25)17-19-31(26,27)4/h6-8,10-11,15,21,23-24,26H,5,9,12-14,16-20H2,1-4H3/t21-,23?,24?,26-,30+,31-/m1/s1. The SMILES string of the molecule is CCC[C@@H](C)[C@H]1CC=C2C3=C(CC[C@@]21C)[C@@]1(C)CCC(OC(=O)c2ccccc2)CC1CC3. The number of benzene rings is 1. The Hall–Kier alpha value is -1.83. The Morgan fingerprint density at radius 1 is 1.09 bits per heavy atom. The molecule has 1 aromatic rings. The largest absolute Gasteiger partial charge is 0.459 e. The van der Waals surface area contributed by atoms with Crippen LogP contribution in [0.15, 0.2) is 53.1 Å². The van der Waals surface area contributed by atoms with Gasteiger partial charge in [0.05, 0.1) is 5.56 Å². The van der Waals surface area contributed by atoms with Crippen LogP contribution in [-0.2, 0) is 4.74 Å². The maximum atomic E-state index is 12.6. The zero-order valence-corrected chi connectivity index (χ0v) is 21.2. The van der Waals surface area contributed by atoms with E-state index in [0.29, 0.717) is 22.3 Å². The van der Waals surface area contributed by atoms with Crippen molar-refractivity contribution >= 4 is 5.97 Å². The zero-order chi connectivity index (χ0) is 23.2. The minimum Gasteiger partial charge on any atom is -0.459 e. The molecule has 0 aromatic heterocycles. The molecule has 4 aliphatic carbocycles. The average Bonchev–Trinajstić information content (AvgIpc) is 3.17. The molecule has 2 nitrogen and oxygen atoms in total. The number of allylic oxidation sites excluding steroid dienone is 4. The third kappa shape index (κ3) is 3.82. The van der Waals surface area contributed by atoms with Crippen LogP contribution in [0.2, 0.25) is 0 Å². The van der Waals surface area contributed by atoms with E-state index in [1.54, 1.807) is 16.7 Å². The second kappa shape index (κ2) is 8.75. The molecule has 2 unspecified atom stereocenters. The molecule has 0 aliphatic heterocycles. The fourth-order valence-corrected chi connectivity index (χ4v) is 8.27. The van der Waals surface area contributed by atoms with E-state index in [0.717, 1.165) is 31.1 Å². The van der Waals surface area contributed by atoms with Gasteiger partial charge in [0.25, 0.3) is 0 Å². The van der Waals surface area contributed by atoms with E-state index in [2.05, 4.69) is 33.8 Å². The summed E-state index contributed by atoms with van der Waals surface area (Å²) in [6.07, 6.45) is 14.9. The number of carbonyl (C=O) groups is 1. The van der Waals surface area contributed by atoms with E-state index in [9.17, 15) is 4.79 Å². The molecule has 178 valence electrons. The highest BCUT2D eigenvalue weighted by molar-refractivity contribution is 5.89. The highest BCUT2D eigenvalue weighted by Gasteiger charge is 2.53. The van der Waals surface area contributed by atoms with Crippen molar-refractivity contribution in [1.82, 2.24) is 0 Å². The Balaban J connectivity index is 1.32. The number of rotatable bonds is 5. The van der Waals surface area contributed by atoms with Gasteiger partial charge in [0.2, 0.25) is 0 Å². The second-order valence-electron chi connectivity index (χ2n) is 11.9. The number of fused-ring (bicyclic) bond motifs is 4. The van der Waals surface area contributed by atoms with Gasteiger partial charge in [-0.2, -0.15) is 0 Å². The van der Waals surface area contributed by atoms with Crippen LogP contribution in [0.5, 0.6) is 0 Å². The molecule has 33 heavy (non-hydrogen) atoms. The summed E-state index contributed by atoms with van der Waals surface area (Å²) in [7, 11) is 0.